The minimum Gasteiger partial charge on any atom is -0.385 e. The number of likely N-dealkylation sites (tertiary alicyclic amines) is 1. The van der Waals surface area contributed by atoms with Gasteiger partial charge in [0.05, 0.1) is 17.6 Å². The fourth-order valence-corrected chi connectivity index (χ4v) is 6.78. The fourth-order valence-electron chi connectivity index (χ4n) is 6.78. The Hall–Kier alpha value is -4.54. The van der Waals surface area contributed by atoms with E-state index in [2.05, 4.69) is 34.1 Å². The summed E-state index contributed by atoms with van der Waals surface area (Å²) < 4.78 is 7.62. The minimum atomic E-state index is -0.283. The van der Waals surface area contributed by atoms with Crippen molar-refractivity contribution in [2.45, 2.75) is 50.6 Å². The van der Waals surface area contributed by atoms with Gasteiger partial charge in [-0.25, -0.2) is 4.98 Å². The number of ether oxygens (including phenoxy) is 1. The lowest BCUT2D eigenvalue weighted by Gasteiger charge is -2.33. The maximum absolute atomic E-state index is 13.4. The van der Waals surface area contributed by atoms with Crippen LogP contribution in [0, 0.1) is 0 Å². The molecule has 246 valence electrons. The summed E-state index contributed by atoms with van der Waals surface area (Å²) in [4.78, 5) is 46.4. The molecule has 0 aliphatic carbocycles. The number of piperazine rings is 1. The van der Waals surface area contributed by atoms with Crippen LogP contribution in [0.25, 0.3) is 22.2 Å². The summed E-state index contributed by atoms with van der Waals surface area (Å²) in [6.07, 6.45) is 3.76. The molecule has 3 aromatic carbocycles. The Morgan fingerprint density at radius 2 is 1.74 bits per heavy atom. The quantitative estimate of drug-likeness (QED) is 0.240. The van der Waals surface area contributed by atoms with Gasteiger partial charge in [-0.15, -0.1) is 0 Å². The van der Waals surface area contributed by atoms with E-state index >= 15 is 0 Å². The van der Waals surface area contributed by atoms with Gasteiger partial charge in [0, 0.05) is 70.4 Å². The van der Waals surface area contributed by atoms with E-state index in [4.69, 9.17) is 15.5 Å². The van der Waals surface area contributed by atoms with Crippen molar-refractivity contribution in [3.63, 3.8) is 0 Å². The Kier molecular flexibility index (Phi) is 10.3. The average Bonchev–Trinajstić information content (AvgIpc) is 3.47. The fraction of sp³-hybridized carbons (Fsp3) is 0.405. The molecule has 1 aromatic heterocycles. The van der Waals surface area contributed by atoms with E-state index in [9.17, 15) is 14.4 Å². The van der Waals surface area contributed by atoms with Gasteiger partial charge in [0.1, 0.15) is 5.82 Å². The number of piperidine rings is 1. The Morgan fingerprint density at radius 1 is 1.00 bits per heavy atom. The van der Waals surface area contributed by atoms with Crippen molar-refractivity contribution in [1.29, 1.82) is 0 Å². The van der Waals surface area contributed by atoms with Gasteiger partial charge in [-0.2, -0.15) is 0 Å². The zero-order valence-corrected chi connectivity index (χ0v) is 27.1. The lowest BCUT2D eigenvalue weighted by Crippen LogP contribution is -2.49. The van der Waals surface area contributed by atoms with Crippen molar-refractivity contribution in [3.8, 4) is 11.1 Å². The topological polar surface area (TPSA) is 123 Å². The second-order valence-electron chi connectivity index (χ2n) is 12.7. The molecule has 0 unspecified atom stereocenters. The summed E-state index contributed by atoms with van der Waals surface area (Å²) in [5.41, 5.74) is 12.3. The van der Waals surface area contributed by atoms with Crippen LogP contribution in [0.2, 0.25) is 0 Å². The molecule has 2 fully saturated rings. The van der Waals surface area contributed by atoms with E-state index in [-0.39, 0.29) is 36.2 Å². The molecule has 3 heterocycles. The number of rotatable bonds is 11. The molecule has 2 aliphatic rings. The van der Waals surface area contributed by atoms with Gasteiger partial charge in [0.2, 0.25) is 11.8 Å². The number of aromatic nitrogens is 2. The number of benzene rings is 3. The molecule has 3 amide bonds. The lowest BCUT2D eigenvalue weighted by atomic mass is 9.95. The highest BCUT2D eigenvalue weighted by Gasteiger charge is 2.29. The van der Waals surface area contributed by atoms with E-state index < -0.39 is 0 Å². The normalized spacial score (nSPS) is 17.5. The van der Waals surface area contributed by atoms with Crippen LogP contribution < -0.4 is 11.1 Å². The molecule has 0 radical (unpaired) electrons. The maximum Gasteiger partial charge on any atom is 0.254 e. The smallest absolute Gasteiger partial charge is 0.254 e. The first-order valence-corrected chi connectivity index (χ1v) is 16.6. The third-order valence-corrected chi connectivity index (χ3v) is 9.23. The van der Waals surface area contributed by atoms with Gasteiger partial charge in [-0.1, -0.05) is 48.5 Å². The molecule has 3 N–H and O–H groups in total. The van der Waals surface area contributed by atoms with Gasteiger partial charge >= 0.3 is 0 Å². The molecular formula is C37H44N6O4. The number of carbonyl (C=O) groups is 3. The Labute approximate surface area is 275 Å². The molecule has 6 rings (SSSR count). The predicted molar refractivity (Wildman–Crippen MR) is 182 cm³/mol. The van der Waals surface area contributed by atoms with Gasteiger partial charge in [-0.3, -0.25) is 14.4 Å². The number of hydrogen-bond donors (Lipinski definition) is 2. The van der Waals surface area contributed by atoms with Crippen LogP contribution in [0.1, 0.15) is 53.3 Å². The van der Waals surface area contributed by atoms with Gasteiger partial charge in [0.25, 0.3) is 5.91 Å². The van der Waals surface area contributed by atoms with Crippen LogP contribution >= 0.6 is 0 Å². The molecule has 10 heteroatoms. The SMILES string of the molecule is COCCCn1c([C@@H]2CCCN(C(=O)C[C@H](N)Cc3ccc(-c4ccc(C(=O)N5CCNC(=O)C5)cc4)cc3)C2)nc2ccccc21. The third kappa shape index (κ3) is 7.72. The second kappa shape index (κ2) is 14.9. The van der Waals surface area contributed by atoms with Crippen LogP contribution in [0.3, 0.4) is 0 Å². The minimum absolute atomic E-state index is 0.0910. The van der Waals surface area contributed by atoms with Crippen LogP contribution in [0.15, 0.2) is 72.8 Å². The van der Waals surface area contributed by atoms with E-state index in [0.29, 0.717) is 44.6 Å². The molecule has 0 spiro atoms. The van der Waals surface area contributed by atoms with Crippen molar-refractivity contribution in [2.24, 2.45) is 5.73 Å². The van der Waals surface area contributed by atoms with E-state index in [1.54, 1.807) is 12.0 Å². The number of nitrogens with zero attached hydrogens (tertiary/aromatic N) is 4. The first-order valence-electron chi connectivity index (χ1n) is 16.6. The highest BCUT2D eigenvalue weighted by molar-refractivity contribution is 5.97. The Morgan fingerprint density at radius 3 is 2.49 bits per heavy atom. The van der Waals surface area contributed by atoms with Gasteiger partial charge in [0.15, 0.2) is 0 Å². The van der Waals surface area contributed by atoms with Gasteiger partial charge < -0.3 is 30.2 Å². The Bertz CT molecular complexity index is 1700. The molecule has 2 atom stereocenters. The van der Waals surface area contributed by atoms with E-state index in [1.165, 1.54) is 0 Å². The largest absolute Gasteiger partial charge is 0.385 e. The summed E-state index contributed by atoms with van der Waals surface area (Å²) in [5.74, 6) is 1.07. The second-order valence-corrected chi connectivity index (χ2v) is 12.7. The number of nitrogens with one attached hydrogen (secondary N) is 1. The molecule has 2 saturated heterocycles. The summed E-state index contributed by atoms with van der Waals surface area (Å²) in [6.45, 7) is 4.02. The van der Waals surface area contributed by atoms with Crippen LogP contribution in [-0.2, 0) is 27.3 Å². The summed E-state index contributed by atoms with van der Waals surface area (Å²) in [6, 6.07) is 23.6. The Balaban J connectivity index is 1.03. The van der Waals surface area contributed by atoms with Crippen LogP contribution in [0.4, 0.5) is 0 Å². The number of amides is 3. The lowest BCUT2D eigenvalue weighted by molar-refractivity contribution is -0.132. The zero-order valence-electron chi connectivity index (χ0n) is 27.1. The number of methoxy groups -OCH3 is 1. The number of nitrogens with two attached hydrogens (primary N) is 1. The predicted octanol–water partition coefficient (Wildman–Crippen LogP) is 3.98. The van der Waals surface area contributed by atoms with Crippen molar-refractivity contribution in [1.82, 2.24) is 24.7 Å². The molecule has 2 aliphatic heterocycles. The van der Waals surface area contributed by atoms with Gasteiger partial charge in [-0.05, 0) is 66.6 Å². The van der Waals surface area contributed by atoms with E-state index in [0.717, 1.165) is 65.9 Å². The molecule has 10 nitrogen and oxygen atoms in total. The highest BCUT2D eigenvalue weighted by Crippen LogP contribution is 2.30. The van der Waals surface area contributed by atoms with Crippen molar-refractivity contribution in [3.05, 3.63) is 89.7 Å². The van der Waals surface area contributed by atoms with Crippen molar-refractivity contribution < 1.29 is 19.1 Å². The first-order chi connectivity index (χ1) is 22.9. The maximum atomic E-state index is 13.4. The number of para-hydroxylation sites is 2. The highest BCUT2D eigenvalue weighted by atomic mass is 16.5. The zero-order chi connectivity index (χ0) is 32.8. The average molecular weight is 637 g/mol. The van der Waals surface area contributed by atoms with Crippen LogP contribution in [0.5, 0.6) is 0 Å². The molecule has 0 saturated carbocycles. The third-order valence-electron chi connectivity index (χ3n) is 9.23. The summed E-state index contributed by atoms with van der Waals surface area (Å²) in [7, 11) is 1.73. The van der Waals surface area contributed by atoms with E-state index in [1.807, 2.05) is 53.4 Å². The number of imidazole rings is 1. The molecular weight excluding hydrogens is 592 g/mol. The van der Waals surface area contributed by atoms with Crippen molar-refractivity contribution in [2.75, 3.05) is 46.4 Å². The molecule has 0 bridgehead atoms. The summed E-state index contributed by atoms with van der Waals surface area (Å²) in [5, 5.41) is 2.74. The van der Waals surface area contributed by atoms with Crippen molar-refractivity contribution >= 4 is 28.8 Å². The number of carbonyl (C=O) groups excluding carboxylic acids is 3. The first kappa shape index (κ1) is 32.4. The standard InChI is InChI=1S/C37H44N6O4/c1-47-21-5-19-43-33-8-3-2-7-32(33)40-36(43)30-6-4-18-41(24-30)35(45)23-31(38)22-26-9-11-27(12-10-26)28-13-15-29(16-14-28)37(46)42-20-17-39-34(44)25-42/h2-3,7-16,30-31H,4-6,17-25,38H2,1H3,(H,39,44)/t30-,31-/m1/s1. The van der Waals surface area contributed by atoms with Crippen LogP contribution in [-0.4, -0.2) is 89.6 Å². The number of hydrogen-bond acceptors (Lipinski definition) is 6. The number of fused-ring (bicyclic) bond motifs is 1. The molecule has 47 heavy (non-hydrogen) atoms. The molecule has 4 aromatic rings. The summed E-state index contributed by atoms with van der Waals surface area (Å²) >= 11 is 0. The monoisotopic (exact) mass is 636 g/mol. The number of aryl methyl sites for hydroxylation is 1.